The first kappa shape index (κ1) is 30.3. The minimum Gasteiger partial charge on any atom is -0.350 e. The number of ether oxygens (including phenoxy) is 1. The van der Waals surface area contributed by atoms with Crippen LogP contribution in [0.4, 0.5) is 0 Å². The highest BCUT2D eigenvalue weighted by Crippen LogP contribution is 2.42. The summed E-state index contributed by atoms with van der Waals surface area (Å²) >= 11 is 0. The minimum absolute atomic E-state index is 0.0719. The van der Waals surface area contributed by atoms with E-state index in [2.05, 4.69) is 43.0 Å². The minimum atomic E-state index is -0.479. The van der Waals surface area contributed by atoms with Crippen molar-refractivity contribution in [2.24, 2.45) is 0 Å². The van der Waals surface area contributed by atoms with Crippen molar-refractivity contribution in [3.63, 3.8) is 0 Å². The Morgan fingerprint density at radius 2 is 1.82 bits per heavy atom. The topological polar surface area (TPSA) is 93.1 Å². The maximum atomic E-state index is 14.1. The fourth-order valence-corrected chi connectivity index (χ4v) is 7.26. The monoisotopic (exact) mass is 600 g/mol. The molecule has 44 heavy (non-hydrogen) atoms. The summed E-state index contributed by atoms with van der Waals surface area (Å²) in [6, 6.07) is 14.7. The lowest BCUT2D eigenvalue weighted by Gasteiger charge is -2.50. The molecule has 3 amide bonds. The van der Waals surface area contributed by atoms with Crippen LogP contribution in [0.2, 0.25) is 0 Å². The summed E-state index contributed by atoms with van der Waals surface area (Å²) in [5, 5.41) is 1.13. The first-order valence-electron chi connectivity index (χ1n) is 16.3. The number of hydroxylamine groups is 1. The molecule has 2 saturated heterocycles. The molecular weight excluding hydrogens is 556 g/mol. The lowest BCUT2D eigenvalue weighted by molar-refractivity contribution is -0.186. The lowest BCUT2D eigenvalue weighted by atomic mass is 9.87. The zero-order chi connectivity index (χ0) is 30.8. The molecule has 6 rings (SSSR count). The van der Waals surface area contributed by atoms with E-state index in [0.29, 0.717) is 38.1 Å². The Bertz CT molecular complexity index is 1510. The van der Waals surface area contributed by atoms with Crippen LogP contribution in [0.1, 0.15) is 98.9 Å². The average Bonchev–Trinajstić information content (AvgIpc) is 3.36. The zero-order valence-corrected chi connectivity index (χ0v) is 26.1. The molecule has 3 aromatic rings. The fraction of sp³-hybridized carbons (Fsp3) is 0.514. The number of nitrogens with one attached hydrogen (secondary N) is 1. The van der Waals surface area contributed by atoms with Crippen LogP contribution in [0, 0.1) is 0 Å². The maximum Gasteiger partial charge on any atom is 0.274 e. The molecule has 4 heterocycles. The van der Waals surface area contributed by atoms with Crippen LogP contribution >= 0.6 is 0 Å². The van der Waals surface area contributed by atoms with Crippen molar-refractivity contribution < 1.29 is 24.0 Å². The second-order valence-electron chi connectivity index (χ2n) is 12.3. The second kappa shape index (κ2) is 13.1. The van der Waals surface area contributed by atoms with Crippen molar-refractivity contribution in [1.82, 2.24) is 19.8 Å². The van der Waals surface area contributed by atoms with Crippen LogP contribution in [0.3, 0.4) is 0 Å². The van der Waals surface area contributed by atoms with Crippen molar-refractivity contribution in [2.75, 3.05) is 13.2 Å². The van der Waals surface area contributed by atoms with Gasteiger partial charge in [0.05, 0.1) is 6.04 Å². The summed E-state index contributed by atoms with van der Waals surface area (Å²) in [5.41, 5.74) is 7.39. The van der Waals surface area contributed by atoms with Crippen molar-refractivity contribution in [3.05, 3.63) is 70.9 Å². The van der Waals surface area contributed by atoms with Gasteiger partial charge in [-0.25, -0.2) is 10.3 Å². The Kier molecular flexibility index (Phi) is 9.05. The van der Waals surface area contributed by atoms with Crippen LogP contribution in [0.5, 0.6) is 0 Å². The van der Waals surface area contributed by atoms with Crippen LogP contribution in [-0.4, -0.2) is 63.6 Å². The van der Waals surface area contributed by atoms with E-state index in [1.54, 1.807) is 12.1 Å². The van der Waals surface area contributed by atoms with E-state index in [-0.39, 0.29) is 23.8 Å². The van der Waals surface area contributed by atoms with E-state index < -0.39 is 18.4 Å². The SMILES string of the molecule is CCCCC1C(=O)N2[C@H](Cc3c(n(Cc4ccc(C(=O)NOC5CCCCO5)cc4)c4ccccc34)[C@@H]2C)C(=O)N1CCC. The zero-order valence-electron chi connectivity index (χ0n) is 26.1. The predicted octanol–water partition coefficient (Wildman–Crippen LogP) is 5.50. The number of hydrogen-bond donors (Lipinski definition) is 1. The standard InChI is InChI=1S/C35H44N4O5/c1-4-6-12-29-35(42)39-23(3)32-27(21-30(39)34(41)37(29)19-5-2)26-11-7-8-13-28(26)38(32)22-24-15-17-25(18-16-24)33(40)36-44-31-14-9-10-20-43-31/h7-8,11,13,15-18,23,29-31H,4-6,9-10,12,14,19-22H2,1-3H3,(H,36,40)/t23-,29?,30+,31?/m0/s1. The van der Waals surface area contributed by atoms with E-state index >= 15 is 0 Å². The van der Waals surface area contributed by atoms with Gasteiger partial charge < -0.3 is 19.1 Å². The number of rotatable bonds is 10. The number of hydrogen-bond acceptors (Lipinski definition) is 5. The van der Waals surface area contributed by atoms with Gasteiger partial charge in [0.15, 0.2) is 6.29 Å². The number of fused-ring (bicyclic) bond motifs is 4. The van der Waals surface area contributed by atoms with Gasteiger partial charge in [0.1, 0.15) is 12.1 Å². The van der Waals surface area contributed by atoms with Crippen LogP contribution in [0.15, 0.2) is 48.5 Å². The van der Waals surface area contributed by atoms with E-state index in [9.17, 15) is 14.4 Å². The Labute approximate surface area is 259 Å². The molecule has 3 aliphatic rings. The lowest BCUT2D eigenvalue weighted by Crippen LogP contribution is -2.66. The highest BCUT2D eigenvalue weighted by molar-refractivity contribution is 5.99. The molecule has 0 bridgehead atoms. The molecule has 0 radical (unpaired) electrons. The summed E-state index contributed by atoms with van der Waals surface area (Å²) in [5.74, 6) is -0.158. The number of nitrogens with zero attached hydrogens (tertiary/aromatic N) is 3. The highest BCUT2D eigenvalue weighted by atomic mass is 16.8. The van der Waals surface area contributed by atoms with E-state index in [0.717, 1.165) is 66.2 Å². The molecule has 9 nitrogen and oxygen atoms in total. The molecule has 0 spiro atoms. The molecule has 0 aliphatic carbocycles. The smallest absolute Gasteiger partial charge is 0.274 e. The number of aromatic nitrogens is 1. The maximum absolute atomic E-state index is 14.1. The molecule has 2 unspecified atom stereocenters. The normalized spacial score (nSPS) is 23.5. The summed E-state index contributed by atoms with van der Waals surface area (Å²) in [4.78, 5) is 50.0. The van der Waals surface area contributed by atoms with Crippen molar-refractivity contribution >= 4 is 28.6 Å². The van der Waals surface area contributed by atoms with Gasteiger partial charge in [-0.2, -0.15) is 0 Å². The first-order valence-corrected chi connectivity index (χ1v) is 16.3. The first-order chi connectivity index (χ1) is 21.4. The molecule has 3 aliphatic heterocycles. The second-order valence-corrected chi connectivity index (χ2v) is 12.3. The third kappa shape index (κ3) is 5.63. The predicted molar refractivity (Wildman–Crippen MR) is 168 cm³/mol. The number of piperazine rings is 1. The third-order valence-electron chi connectivity index (χ3n) is 9.42. The molecule has 234 valence electrons. The Morgan fingerprint density at radius 3 is 2.55 bits per heavy atom. The Hall–Kier alpha value is -3.69. The van der Waals surface area contributed by atoms with E-state index in [4.69, 9.17) is 9.57 Å². The van der Waals surface area contributed by atoms with Gasteiger partial charge in [-0.05, 0) is 61.9 Å². The summed E-state index contributed by atoms with van der Waals surface area (Å²) in [6.07, 6.45) is 6.34. The molecule has 9 heteroatoms. The number of carbonyl (C=O) groups is 3. The van der Waals surface area contributed by atoms with Crippen LogP contribution in [0.25, 0.3) is 10.9 Å². The average molecular weight is 601 g/mol. The van der Waals surface area contributed by atoms with Crippen LogP contribution < -0.4 is 5.48 Å². The molecule has 1 aromatic heterocycles. The van der Waals surface area contributed by atoms with Gasteiger partial charge in [-0.1, -0.05) is 57.0 Å². The van der Waals surface area contributed by atoms with Crippen molar-refractivity contribution in [1.29, 1.82) is 0 Å². The molecule has 2 aromatic carbocycles. The van der Waals surface area contributed by atoms with Crippen molar-refractivity contribution in [3.8, 4) is 0 Å². The number of carbonyl (C=O) groups excluding carboxylic acids is 3. The van der Waals surface area contributed by atoms with E-state index in [1.165, 1.54) is 0 Å². The third-order valence-corrected chi connectivity index (χ3v) is 9.42. The molecular formula is C35H44N4O5. The summed E-state index contributed by atoms with van der Waals surface area (Å²) < 4.78 is 7.82. The van der Waals surface area contributed by atoms with Gasteiger partial charge in [0.25, 0.3) is 5.91 Å². The molecule has 2 fully saturated rings. The van der Waals surface area contributed by atoms with Crippen molar-refractivity contribution in [2.45, 2.75) is 103 Å². The fourth-order valence-electron chi connectivity index (χ4n) is 7.26. The van der Waals surface area contributed by atoms with Gasteiger partial charge in [0, 0.05) is 54.7 Å². The van der Waals surface area contributed by atoms with Gasteiger partial charge >= 0.3 is 0 Å². The summed E-state index contributed by atoms with van der Waals surface area (Å²) in [6.45, 7) is 8.09. The molecule has 0 saturated carbocycles. The number of para-hydroxylation sites is 1. The van der Waals surface area contributed by atoms with Gasteiger partial charge in [0.2, 0.25) is 11.8 Å². The Balaban J connectivity index is 1.28. The number of benzene rings is 2. The Morgan fingerprint density at radius 1 is 1.02 bits per heavy atom. The van der Waals surface area contributed by atoms with Crippen LogP contribution in [-0.2, 0) is 32.1 Å². The largest absolute Gasteiger partial charge is 0.350 e. The summed E-state index contributed by atoms with van der Waals surface area (Å²) in [7, 11) is 0. The van der Waals surface area contributed by atoms with Gasteiger partial charge in [-0.3, -0.25) is 14.4 Å². The molecule has 4 atom stereocenters. The van der Waals surface area contributed by atoms with E-state index in [1.807, 2.05) is 34.1 Å². The number of unbranched alkanes of at least 4 members (excludes halogenated alkanes) is 1. The highest BCUT2D eigenvalue weighted by Gasteiger charge is 2.50. The molecule has 1 N–H and O–H groups in total. The number of amides is 3. The quantitative estimate of drug-likeness (QED) is 0.310. The van der Waals surface area contributed by atoms with Gasteiger partial charge in [-0.15, -0.1) is 0 Å².